The first kappa shape index (κ1) is 13.1. The molecular formula is C14H19BrO2. The van der Waals surface area contributed by atoms with E-state index in [1.165, 1.54) is 11.1 Å². The lowest BCUT2D eigenvalue weighted by Gasteiger charge is -2.34. The molecular weight excluding hydrogens is 280 g/mol. The van der Waals surface area contributed by atoms with Crippen molar-refractivity contribution in [2.24, 2.45) is 0 Å². The van der Waals surface area contributed by atoms with Gasteiger partial charge < -0.3 is 9.84 Å². The fourth-order valence-corrected chi connectivity index (χ4v) is 2.66. The molecule has 1 aliphatic rings. The molecule has 0 spiro atoms. The van der Waals surface area contributed by atoms with Crippen LogP contribution >= 0.6 is 15.9 Å². The summed E-state index contributed by atoms with van der Waals surface area (Å²) < 4.78 is 6.68. The zero-order valence-electron chi connectivity index (χ0n) is 10.4. The topological polar surface area (TPSA) is 29.5 Å². The van der Waals surface area contributed by atoms with E-state index in [0.717, 1.165) is 17.3 Å². The zero-order chi connectivity index (χ0) is 12.5. The molecule has 0 saturated heterocycles. The Morgan fingerprint density at radius 2 is 2.18 bits per heavy atom. The third-order valence-corrected chi connectivity index (χ3v) is 3.73. The van der Waals surface area contributed by atoms with Crippen molar-refractivity contribution in [1.82, 2.24) is 0 Å². The van der Waals surface area contributed by atoms with Gasteiger partial charge in [0.05, 0.1) is 18.3 Å². The summed E-state index contributed by atoms with van der Waals surface area (Å²) in [6, 6.07) is 6.28. The van der Waals surface area contributed by atoms with Crippen LogP contribution in [-0.2, 0) is 17.6 Å². The van der Waals surface area contributed by atoms with Gasteiger partial charge in [0.2, 0.25) is 0 Å². The molecule has 94 valence electrons. The molecule has 0 bridgehead atoms. The van der Waals surface area contributed by atoms with Crippen molar-refractivity contribution >= 4 is 15.9 Å². The van der Waals surface area contributed by atoms with E-state index in [1.54, 1.807) is 0 Å². The monoisotopic (exact) mass is 298 g/mol. The maximum absolute atomic E-state index is 10.5. The number of rotatable bonds is 3. The average Bonchev–Trinajstić information content (AvgIpc) is 2.27. The molecule has 2 rings (SSSR count). The molecule has 1 atom stereocenters. The minimum Gasteiger partial charge on any atom is -0.387 e. The van der Waals surface area contributed by atoms with Crippen LogP contribution in [0.25, 0.3) is 0 Å². The predicted octanol–water partition coefficient (Wildman–Crippen LogP) is 3.09. The minimum atomic E-state index is -0.689. The van der Waals surface area contributed by atoms with Crippen molar-refractivity contribution in [1.29, 1.82) is 0 Å². The molecule has 3 heteroatoms. The van der Waals surface area contributed by atoms with Crippen LogP contribution in [0.2, 0.25) is 0 Å². The molecule has 0 radical (unpaired) electrons. The fourth-order valence-electron chi connectivity index (χ4n) is 2.25. The van der Waals surface area contributed by atoms with E-state index in [4.69, 9.17) is 4.74 Å². The fraction of sp³-hybridized carbons (Fsp3) is 0.571. The zero-order valence-corrected chi connectivity index (χ0v) is 12.0. The Morgan fingerprint density at radius 3 is 2.88 bits per heavy atom. The summed E-state index contributed by atoms with van der Waals surface area (Å²) in [5.41, 5.74) is 1.90. The minimum absolute atomic E-state index is 0.172. The standard InChI is InChI=1S/C14H19BrO2/c1-10(2)17-9-14(16)6-5-11-7-13(15)4-3-12(11)8-14/h3-4,7,10,16H,5-6,8-9H2,1-2H3. The lowest BCUT2D eigenvalue weighted by Crippen LogP contribution is -2.41. The first-order chi connectivity index (χ1) is 7.98. The Morgan fingerprint density at radius 1 is 1.41 bits per heavy atom. The highest BCUT2D eigenvalue weighted by molar-refractivity contribution is 9.10. The van der Waals surface area contributed by atoms with Crippen LogP contribution in [0.4, 0.5) is 0 Å². The Balaban J connectivity index is 2.09. The molecule has 0 amide bonds. The van der Waals surface area contributed by atoms with Crippen molar-refractivity contribution in [3.8, 4) is 0 Å². The van der Waals surface area contributed by atoms with Gasteiger partial charge in [0.25, 0.3) is 0 Å². The number of aryl methyl sites for hydroxylation is 1. The summed E-state index contributed by atoms with van der Waals surface area (Å²) >= 11 is 3.48. The predicted molar refractivity (Wildman–Crippen MR) is 72.2 cm³/mol. The lowest BCUT2D eigenvalue weighted by atomic mass is 9.81. The first-order valence-corrected chi connectivity index (χ1v) is 6.89. The van der Waals surface area contributed by atoms with Gasteiger partial charge in [-0.2, -0.15) is 0 Å². The van der Waals surface area contributed by atoms with E-state index in [9.17, 15) is 5.11 Å². The van der Waals surface area contributed by atoms with Gasteiger partial charge >= 0.3 is 0 Å². The van der Waals surface area contributed by atoms with Crippen LogP contribution in [0.3, 0.4) is 0 Å². The number of fused-ring (bicyclic) bond motifs is 1. The molecule has 0 heterocycles. The van der Waals surface area contributed by atoms with Crippen molar-refractivity contribution in [3.63, 3.8) is 0 Å². The molecule has 2 nitrogen and oxygen atoms in total. The Labute approximate surface area is 111 Å². The molecule has 0 aromatic heterocycles. The largest absolute Gasteiger partial charge is 0.387 e. The number of ether oxygens (including phenoxy) is 1. The highest BCUT2D eigenvalue weighted by Gasteiger charge is 2.32. The van der Waals surface area contributed by atoms with Gasteiger partial charge in [0, 0.05) is 10.9 Å². The number of aliphatic hydroxyl groups is 1. The second-order valence-electron chi connectivity index (χ2n) is 5.17. The summed E-state index contributed by atoms with van der Waals surface area (Å²) in [6.07, 6.45) is 2.57. The van der Waals surface area contributed by atoms with Gasteiger partial charge in [-0.15, -0.1) is 0 Å². The van der Waals surface area contributed by atoms with Crippen molar-refractivity contribution in [2.45, 2.75) is 44.8 Å². The third-order valence-electron chi connectivity index (χ3n) is 3.23. The summed E-state index contributed by atoms with van der Waals surface area (Å²) in [5, 5.41) is 10.5. The Kier molecular flexibility index (Phi) is 3.91. The van der Waals surface area contributed by atoms with Crippen LogP contribution in [-0.4, -0.2) is 23.4 Å². The van der Waals surface area contributed by atoms with Crippen LogP contribution in [0.5, 0.6) is 0 Å². The molecule has 0 saturated carbocycles. The van der Waals surface area contributed by atoms with Gasteiger partial charge in [-0.05, 0) is 49.9 Å². The van der Waals surface area contributed by atoms with Gasteiger partial charge in [-0.3, -0.25) is 0 Å². The van der Waals surface area contributed by atoms with Gasteiger partial charge in [-0.1, -0.05) is 22.0 Å². The molecule has 1 aromatic rings. The second kappa shape index (κ2) is 5.09. The normalized spacial score (nSPS) is 23.8. The summed E-state index contributed by atoms with van der Waals surface area (Å²) in [4.78, 5) is 0. The molecule has 1 N–H and O–H groups in total. The average molecular weight is 299 g/mol. The van der Waals surface area contributed by atoms with Gasteiger partial charge in [-0.25, -0.2) is 0 Å². The van der Waals surface area contributed by atoms with Crippen molar-refractivity contribution in [3.05, 3.63) is 33.8 Å². The van der Waals surface area contributed by atoms with Gasteiger partial charge in [0.15, 0.2) is 0 Å². The Bertz CT molecular complexity index is 403. The molecule has 1 unspecified atom stereocenters. The Hall–Kier alpha value is -0.380. The summed E-state index contributed by atoms with van der Waals surface area (Å²) in [6.45, 7) is 4.43. The number of benzene rings is 1. The van der Waals surface area contributed by atoms with E-state index in [1.807, 2.05) is 19.9 Å². The van der Waals surface area contributed by atoms with E-state index in [0.29, 0.717) is 13.0 Å². The van der Waals surface area contributed by atoms with E-state index in [2.05, 4.69) is 28.1 Å². The number of hydrogen-bond donors (Lipinski definition) is 1. The van der Waals surface area contributed by atoms with Crippen LogP contribution in [0.1, 0.15) is 31.4 Å². The highest BCUT2D eigenvalue weighted by Crippen LogP contribution is 2.31. The van der Waals surface area contributed by atoms with Crippen LogP contribution < -0.4 is 0 Å². The highest BCUT2D eigenvalue weighted by atomic mass is 79.9. The van der Waals surface area contributed by atoms with Crippen LogP contribution in [0.15, 0.2) is 22.7 Å². The quantitative estimate of drug-likeness (QED) is 0.929. The van der Waals surface area contributed by atoms with Crippen LogP contribution in [0, 0.1) is 0 Å². The lowest BCUT2D eigenvalue weighted by molar-refractivity contribution is -0.0715. The number of halogens is 1. The van der Waals surface area contributed by atoms with E-state index in [-0.39, 0.29) is 6.10 Å². The molecule has 17 heavy (non-hydrogen) atoms. The maximum atomic E-state index is 10.5. The molecule has 0 aliphatic heterocycles. The first-order valence-electron chi connectivity index (χ1n) is 6.10. The molecule has 0 fully saturated rings. The second-order valence-corrected chi connectivity index (χ2v) is 6.09. The van der Waals surface area contributed by atoms with Crippen molar-refractivity contribution < 1.29 is 9.84 Å². The SMILES string of the molecule is CC(C)OCC1(O)CCc2cc(Br)ccc2C1. The third kappa shape index (κ3) is 3.30. The smallest absolute Gasteiger partial charge is 0.0923 e. The summed E-state index contributed by atoms with van der Waals surface area (Å²) in [5.74, 6) is 0. The van der Waals surface area contributed by atoms with E-state index < -0.39 is 5.60 Å². The van der Waals surface area contributed by atoms with Gasteiger partial charge in [0.1, 0.15) is 0 Å². The molecule has 1 aliphatic carbocycles. The van der Waals surface area contributed by atoms with E-state index >= 15 is 0 Å². The summed E-state index contributed by atoms with van der Waals surface area (Å²) in [7, 11) is 0. The maximum Gasteiger partial charge on any atom is 0.0923 e. The van der Waals surface area contributed by atoms with Crippen molar-refractivity contribution in [2.75, 3.05) is 6.61 Å². The molecule has 1 aromatic carbocycles. The number of hydrogen-bond acceptors (Lipinski definition) is 2.